The van der Waals surface area contributed by atoms with Crippen LogP contribution in [0, 0.1) is 0 Å². The van der Waals surface area contributed by atoms with Crippen molar-refractivity contribution in [1.82, 2.24) is 14.5 Å². The van der Waals surface area contributed by atoms with E-state index in [2.05, 4.69) is 21.5 Å². The highest BCUT2D eigenvalue weighted by Crippen LogP contribution is 2.17. The van der Waals surface area contributed by atoms with Gasteiger partial charge in [0.1, 0.15) is 17.1 Å². The summed E-state index contributed by atoms with van der Waals surface area (Å²) in [7, 11) is 0. The molecule has 0 unspecified atom stereocenters. The summed E-state index contributed by atoms with van der Waals surface area (Å²) >= 11 is 0. The Morgan fingerprint density at radius 1 is 1.28 bits per heavy atom. The molecule has 3 rings (SSSR count). The third kappa shape index (κ3) is 1.90. The second-order valence-electron chi connectivity index (χ2n) is 4.29. The van der Waals surface area contributed by atoms with Crippen LogP contribution in [0.25, 0.3) is 11.2 Å². The van der Waals surface area contributed by atoms with E-state index < -0.39 is 0 Å². The van der Waals surface area contributed by atoms with E-state index in [0.717, 1.165) is 35.6 Å². The lowest BCUT2D eigenvalue weighted by Crippen LogP contribution is -2.05. The van der Waals surface area contributed by atoms with Crippen molar-refractivity contribution < 1.29 is 4.42 Å². The van der Waals surface area contributed by atoms with Gasteiger partial charge in [0, 0.05) is 12.6 Å². The van der Waals surface area contributed by atoms with Gasteiger partial charge >= 0.3 is 0 Å². The smallest absolute Gasteiger partial charge is 0.160 e. The zero-order chi connectivity index (χ0) is 12.4. The molecule has 0 saturated carbocycles. The van der Waals surface area contributed by atoms with Crippen LogP contribution in [0.1, 0.15) is 24.9 Å². The molecule has 0 radical (unpaired) electrons. The second-order valence-corrected chi connectivity index (χ2v) is 4.29. The molecule has 0 spiro atoms. The zero-order valence-electron chi connectivity index (χ0n) is 10.3. The first-order valence-electron chi connectivity index (χ1n) is 6.21. The number of pyridine rings is 1. The predicted octanol–water partition coefficient (Wildman–Crippen LogP) is 3.03. The van der Waals surface area contributed by atoms with Gasteiger partial charge in [-0.3, -0.25) is 0 Å². The first-order chi connectivity index (χ1) is 8.88. The molecule has 0 saturated heterocycles. The minimum Gasteiger partial charge on any atom is -0.467 e. The minimum atomic E-state index is 0.690. The highest BCUT2D eigenvalue weighted by molar-refractivity contribution is 5.71. The van der Waals surface area contributed by atoms with E-state index in [1.807, 2.05) is 24.3 Å². The van der Waals surface area contributed by atoms with Crippen LogP contribution in [0.5, 0.6) is 0 Å². The molecule has 4 heteroatoms. The first-order valence-corrected chi connectivity index (χ1v) is 6.21. The fourth-order valence-electron chi connectivity index (χ4n) is 2.14. The Hall–Kier alpha value is -2.10. The number of nitrogens with zero attached hydrogens (tertiary/aromatic N) is 3. The van der Waals surface area contributed by atoms with Crippen LogP contribution in [0.4, 0.5) is 0 Å². The lowest BCUT2D eigenvalue weighted by atomic mass is 10.3. The number of aromatic nitrogens is 3. The van der Waals surface area contributed by atoms with Crippen LogP contribution >= 0.6 is 0 Å². The average molecular weight is 241 g/mol. The van der Waals surface area contributed by atoms with Crippen LogP contribution in [-0.4, -0.2) is 14.5 Å². The van der Waals surface area contributed by atoms with Crippen molar-refractivity contribution in [3.05, 3.63) is 48.3 Å². The highest BCUT2D eigenvalue weighted by atomic mass is 16.3. The molecule has 4 nitrogen and oxygen atoms in total. The number of rotatable bonds is 4. The van der Waals surface area contributed by atoms with E-state index in [0.29, 0.717) is 6.54 Å². The summed E-state index contributed by atoms with van der Waals surface area (Å²) in [6.45, 7) is 2.85. The molecule has 0 amide bonds. The quantitative estimate of drug-likeness (QED) is 0.705. The Labute approximate surface area is 105 Å². The average Bonchev–Trinajstić information content (AvgIpc) is 3.00. The van der Waals surface area contributed by atoms with Gasteiger partial charge in [-0.2, -0.15) is 0 Å². The van der Waals surface area contributed by atoms with E-state index in [-0.39, 0.29) is 0 Å². The monoisotopic (exact) mass is 241 g/mol. The summed E-state index contributed by atoms with van der Waals surface area (Å²) in [5, 5.41) is 0. The molecule has 0 bridgehead atoms. The van der Waals surface area contributed by atoms with Crippen molar-refractivity contribution in [2.24, 2.45) is 0 Å². The molecule has 0 aromatic carbocycles. The first kappa shape index (κ1) is 11.0. The number of imidazole rings is 1. The Bertz CT molecular complexity index is 640. The van der Waals surface area contributed by atoms with Crippen molar-refractivity contribution in [3.63, 3.8) is 0 Å². The van der Waals surface area contributed by atoms with Crippen LogP contribution in [-0.2, 0) is 13.0 Å². The molecule has 0 N–H and O–H groups in total. The van der Waals surface area contributed by atoms with E-state index in [1.165, 1.54) is 0 Å². The standard InChI is InChI=1S/C14H15N3O/c1-2-5-13-16-12-7-3-8-15-14(12)17(13)10-11-6-4-9-18-11/h3-4,6-9H,2,5,10H2,1H3. The summed E-state index contributed by atoms with van der Waals surface area (Å²) in [6.07, 6.45) is 5.53. The molecule has 18 heavy (non-hydrogen) atoms. The fourth-order valence-corrected chi connectivity index (χ4v) is 2.14. The van der Waals surface area contributed by atoms with E-state index in [4.69, 9.17) is 4.42 Å². The Morgan fingerprint density at radius 3 is 3.00 bits per heavy atom. The summed E-state index contributed by atoms with van der Waals surface area (Å²) in [5.41, 5.74) is 1.88. The Morgan fingerprint density at radius 2 is 2.22 bits per heavy atom. The Kier molecular flexibility index (Phi) is 2.84. The van der Waals surface area contributed by atoms with Gasteiger partial charge < -0.3 is 8.98 Å². The summed E-state index contributed by atoms with van der Waals surface area (Å²) in [6, 6.07) is 7.80. The lowest BCUT2D eigenvalue weighted by Gasteiger charge is -2.05. The number of aryl methyl sites for hydroxylation is 1. The van der Waals surface area contributed by atoms with Gasteiger partial charge in [-0.25, -0.2) is 9.97 Å². The molecule has 0 aliphatic heterocycles. The highest BCUT2D eigenvalue weighted by Gasteiger charge is 2.11. The minimum absolute atomic E-state index is 0.690. The molecular weight excluding hydrogens is 226 g/mol. The van der Waals surface area contributed by atoms with Crippen LogP contribution in [0.3, 0.4) is 0 Å². The van der Waals surface area contributed by atoms with Crippen molar-refractivity contribution in [3.8, 4) is 0 Å². The molecule has 0 aliphatic rings. The SMILES string of the molecule is CCCc1nc2cccnc2n1Cc1ccco1. The maximum Gasteiger partial charge on any atom is 0.160 e. The normalized spacial score (nSPS) is 11.2. The third-order valence-corrected chi connectivity index (χ3v) is 2.95. The number of hydrogen-bond donors (Lipinski definition) is 0. The van der Waals surface area contributed by atoms with Gasteiger partial charge in [0.15, 0.2) is 5.65 Å². The molecule has 92 valence electrons. The largest absolute Gasteiger partial charge is 0.467 e. The van der Waals surface area contributed by atoms with E-state index in [1.54, 1.807) is 12.5 Å². The van der Waals surface area contributed by atoms with Crippen molar-refractivity contribution in [2.45, 2.75) is 26.3 Å². The van der Waals surface area contributed by atoms with Gasteiger partial charge in [-0.1, -0.05) is 6.92 Å². The third-order valence-electron chi connectivity index (χ3n) is 2.95. The van der Waals surface area contributed by atoms with E-state index >= 15 is 0 Å². The lowest BCUT2D eigenvalue weighted by molar-refractivity contribution is 0.490. The van der Waals surface area contributed by atoms with Gasteiger partial charge in [0.05, 0.1) is 12.8 Å². The van der Waals surface area contributed by atoms with Crippen molar-refractivity contribution >= 4 is 11.2 Å². The van der Waals surface area contributed by atoms with Gasteiger partial charge in [0.25, 0.3) is 0 Å². The molecule has 0 atom stereocenters. The molecular formula is C14H15N3O. The molecule has 3 aromatic rings. The Balaban J connectivity index is 2.09. The van der Waals surface area contributed by atoms with Crippen molar-refractivity contribution in [1.29, 1.82) is 0 Å². The van der Waals surface area contributed by atoms with Crippen molar-refractivity contribution in [2.75, 3.05) is 0 Å². The van der Waals surface area contributed by atoms with Crippen LogP contribution < -0.4 is 0 Å². The number of fused-ring (bicyclic) bond motifs is 1. The van der Waals surface area contributed by atoms with Gasteiger partial charge in [-0.15, -0.1) is 0 Å². The van der Waals surface area contributed by atoms with Gasteiger partial charge in [0.2, 0.25) is 0 Å². The summed E-state index contributed by atoms with van der Waals surface area (Å²) < 4.78 is 7.55. The fraction of sp³-hybridized carbons (Fsp3) is 0.286. The maximum atomic E-state index is 5.41. The second kappa shape index (κ2) is 4.64. The van der Waals surface area contributed by atoms with Crippen LogP contribution in [0.2, 0.25) is 0 Å². The molecule has 3 aromatic heterocycles. The molecule has 0 aliphatic carbocycles. The number of hydrogen-bond acceptors (Lipinski definition) is 3. The van der Waals surface area contributed by atoms with E-state index in [9.17, 15) is 0 Å². The molecule has 3 heterocycles. The zero-order valence-corrected chi connectivity index (χ0v) is 10.3. The van der Waals surface area contributed by atoms with Gasteiger partial charge in [-0.05, 0) is 30.7 Å². The maximum absolute atomic E-state index is 5.41. The predicted molar refractivity (Wildman–Crippen MR) is 69.3 cm³/mol. The van der Waals surface area contributed by atoms with Crippen LogP contribution in [0.15, 0.2) is 41.1 Å². The number of furan rings is 1. The molecule has 0 fully saturated rings. The summed E-state index contributed by atoms with van der Waals surface area (Å²) in [4.78, 5) is 9.07. The topological polar surface area (TPSA) is 43.9 Å². The summed E-state index contributed by atoms with van der Waals surface area (Å²) in [5.74, 6) is 2.00.